The van der Waals surface area contributed by atoms with E-state index in [1.54, 1.807) is 59.8 Å². The van der Waals surface area contributed by atoms with E-state index in [0.717, 1.165) is 28.9 Å². The number of Topliss-reactive ketones (excluding diaryl/α,β-unsaturated/α-hetero) is 1. The SMILES string of the molecule is CCCCOC(=O)c1ccc(N2C(=O)C3C(C2=O)C2c4ccccc4C=NN2C3C(=O)c2ccccc2)cc1. The lowest BCUT2D eigenvalue weighted by atomic mass is 9.83. The van der Waals surface area contributed by atoms with E-state index in [0.29, 0.717) is 23.4 Å². The minimum absolute atomic E-state index is 0.252. The van der Waals surface area contributed by atoms with E-state index >= 15 is 0 Å². The molecule has 3 aromatic carbocycles. The van der Waals surface area contributed by atoms with Gasteiger partial charge in [0.05, 0.1) is 41.9 Å². The molecule has 8 heteroatoms. The molecule has 6 rings (SSSR count). The highest BCUT2D eigenvalue weighted by atomic mass is 16.5. The number of hydrazone groups is 1. The molecule has 3 heterocycles. The van der Waals surface area contributed by atoms with Crippen molar-refractivity contribution >= 4 is 35.5 Å². The third-order valence-corrected chi connectivity index (χ3v) is 7.71. The van der Waals surface area contributed by atoms with Crippen LogP contribution in [-0.4, -0.2) is 47.4 Å². The third-order valence-electron chi connectivity index (χ3n) is 7.71. The van der Waals surface area contributed by atoms with Gasteiger partial charge < -0.3 is 4.74 Å². The molecule has 0 radical (unpaired) electrons. The lowest BCUT2D eigenvalue weighted by molar-refractivity contribution is -0.124. The van der Waals surface area contributed by atoms with E-state index in [-0.39, 0.29) is 11.7 Å². The number of fused-ring (bicyclic) bond motifs is 5. The molecule has 0 aromatic heterocycles. The summed E-state index contributed by atoms with van der Waals surface area (Å²) in [6, 6.07) is 21.2. The highest BCUT2D eigenvalue weighted by Gasteiger charge is 2.65. The molecule has 2 fully saturated rings. The summed E-state index contributed by atoms with van der Waals surface area (Å²) in [7, 11) is 0. The number of imide groups is 1. The fraction of sp³-hybridized carbons (Fsp3) is 0.258. The highest BCUT2D eigenvalue weighted by molar-refractivity contribution is 6.24. The van der Waals surface area contributed by atoms with E-state index in [9.17, 15) is 19.2 Å². The number of rotatable bonds is 7. The second-order valence-electron chi connectivity index (χ2n) is 9.97. The maximum absolute atomic E-state index is 14.0. The van der Waals surface area contributed by atoms with Gasteiger partial charge in [0.2, 0.25) is 11.8 Å². The van der Waals surface area contributed by atoms with Gasteiger partial charge in [-0.25, -0.2) is 9.69 Å². The van der Waals surface area contributed by atoms with Crippen molar-refractivity contribution in [1.29, 1.82) is 0 Å². The van der Waals surface area contributed by atoms with Crippen LogP contribution in [0.1, 0.15) is 57.7 Å². The van der Waals surface area contributed by atoms with Crippen LogP contribution in [-0.2, 0) is 14.3 Å². The maximum atomic E-state index is 14.0. The first-order chi connectivity index (χ1) is 19.0. The van der Waals surface area contributed by atoms with Crippen molar-refractivity contribution in [3.63, 3.8) is 0 Å². The van der Waals surface area contributed by atoms with Gasteiger partial charge in [0, 0.05) is 5.56 Å². The molecule has 3 aliphatic heterocycles. The van der Waals surface area contributed by atoms with E-state index < -0.39 is 35.8 Å². The molecule has 196 valence electrons. The van der Waals surface area contributed by atoms with Crippen LogP contribution in [0, 0.1) is 11.8 Å². The van der Waals surface area contributed by atoms with Crippen molar-refractivity contribution in [3.05, 3.63) is 101 Å². The summed E-state index contributed by atoms with van der Waals surface area (Å²) >= 11 is 0. The summed E-state index contributed by atoms with van der Waals surface area (Å²) in [5, 5.41) is 6.23. The van der Waals surface area contributed by atoms with Gasteiger partial charge >= 0.3 is 5.97 Å². The van der Waals surface area contributed by atoms with Crippen LogP contribution in [0.3, 0.4) is 0 Å². The summed E-state index contributed by atoms with van der Waals surface area (Å²) in [6.45, 7) is 2.35. The van der Waals surface area contributed by atoms with Gasteiger partial charge in [-0.3, -0.25) is 19.4 Å². The molecule has 3 aromatic rings. The molecule has 4 unspecified atom stereocenters. The molecule has 0 saturated carbocycles. The number of carbonyl (C=O) groups excluding carboxylic acids is 4. The standard InChI is InChI=1S/C31H27N3O5/c1-2-3-17-39-31(38)20-13-15-22(16-14-20)33-29(36)24-25(30(33)37)27(28(35)19-9-5-4-6-10-19)34-26(24)23-12-8-7-11-21(23)18-32-34/h4-16,18,24-27H,2-3,17H2,1H3. The summed E-state index contributed by atoms with van der Waals surface area (Å²) in [5.74, 6) is -3.22. The molecule has 8 nitrogen and oxygen atoms in total. The Balaban J connectivity index is 1.37. The molecule has 0 N–H and O–H groups in total. The number of ketones is 1. The molecule has 39 heavy (non-hydrogen) atoms. The Morgan fingerprint density at radius 2 is 1.54 bits per heavy atom. The molecule has 4 atom stereocenters. The number of ether oxygens (including phenoxy) is 1. The van der Waals surface area contributed by atoms with Gasteiger partial charge in [-0.2, -0.15) is 5.10 Å². The number of benzene rings is 3. The lowest BCUT2D eigenvalue weighted by Crippen LogP contribution is -2.44. The lowest BCUT2D eigenvalue weighted by Gasteiger charge is -2.33. The normalized spacial score (nSPS) is 22.9. The third kappa shape index (κ3) is 4.03. The average Bonchev–Trinajstić information content (AvgIpc) is 3.45. The van der Waals surface area contributed by atoms with Gasteiger partial charge in [-0.15, -0.1) is 0 Å². The van der Waals surface area contributed by atoms with Crippen molar-refractivity contribution < 1.29 is 23.9 Å². The first kappa shape index (κ1) is 24.7. The predicted octanol–water partition coefficient (Wildman–Crippen LogP) is 4.41. The topological polar surface area (TPSA) is 96.3 Å². The first-order valence-electron chi connectivity index (χ1n) is 13.2. The van der Waals surface area contributed by atoms with Crippen LogP contribution in [0.15, 0.2) is 84.0 Å². The number of amides is 2. The van der Waals surface area contributed by atoms with E-state index in [1.807, 2.05) is 37.3 Å². The number of unbranched alkanes of at least 4 members (excludes halogenated alkanes) is 1. The Morgan fingerprint density at radius 1 is 0.846 bits per heavy atom. The van der Waals surface area contributed by atoms with E-state index in [1.165, 1.54) is 0 Å². The van der Waals surface area contributed by atoms with Crippen molar-refractivity contribution in [2.75, 3.05) is 11.5 Å². The molecular formula is C31H27N3O5. The van der Waals surface area contributed by atoms with Crippen molar-refractivity contribution in [3.8, 4) is 0 Å². The average molecular weight is 522 g/mol. The second-order valence-corrected chi connectivity index (χ2v) is 9.97. The first-order valence-corrected chi connectivity index (χ1v) is 13.2. The molecule has 3 aliphatic rings. The van der Waals surface area contributed by atoms with Gasteiger partial charge in [0.15, 0.2) is 5.78 Å². The molecular weight excluding hydrogens is 494 g/mol. The minimum Gasteiger partial charge on any atom is -0.462 e. The smallest absolute Gasteiger partial charge is 0.338 e. The Bertz CT molecular complexity index is 1480. The molecule has 0 aliphatic carbocycles. The maximum Gasteiger partial charge on any atom is 0.338 e. The van der Waals surface area contributed by atoms with Crippen LogP contribution in [0.2, 0.25) is 0 Å². The minimum atomic E-state index is -0.929. The fourth-order valence-corrected chi connectivity index (χ4v) is 5.84. The monoisotopic (exact) mass is 521 g/mol. The number of hydrogen-bond donors (Lipinski definition) is 0. The largest absolute Gasteiger partial charge is 0.462 e. The second kappa shape index (κ2) is 9.94. The summed E-state index contributed by atoms with van der Waals surface area (Å²) in [5.41, 5.74) is 2.87. The van der Waals surface area contributed by atoms with Crippen LogP contribution in [0.25, 0.3) is 0 Å². The number of anilines is 1. The summed E-state index contributed by atoms with van der Waals surface area (Å²) in [4.78, 5) is 55.3. The zero-order chi connectivity index (χ0) is 27.1. The van der Waals surface area contributed by atoms with Crippen LogP contribution in [0.5, 0.6) is 0 Å². The summed E-state index contributed by atoms with van der Waals surface area (Å²) in [6.07, 6.45) is 3.37. The van der Waals surface area contributed by atoms with Crippen molar-refractivity contribution in [2.24, 2.45) is 16.9 Å². The molecule has 0 spiro atoms. The van der Waals surface area contributed by atoms with E-state index in [2.05, 4.69) is 5.10 Å². The Kier molecular flexibility index (Phi) is 6.30. The van der Waals surface area contributed by atoms with Gasteiger partial charge in [-0.1, -0.05) is 67.9 Å². The Morgan fingerprint density at radius 3 is 2.28 bits per heavy atom. The van der Waals surface area contributed by atoms with Gasteiger partial charge in [0.25, 0.3) is 0 Å². The van der Waals surface area contributed by atoms with Crippen LogP contribution in [0.4, 0.5) is 5.69 Å². The molecule has 2 saturated heterocycles. The zero-order valence-electron chi connectivity index (χ0n) is 21.4. The fourth-order valence-electron chi connectivity index (χ4n) is 5.84. The molecule has 2 amide bonds. The Hall–Kier alpha value is -4.59. The van der Waals surface area contributed by atoms with Crippen LogP contribution < -0.4 is 4.90 Å². The number of carbonyl (C=O) groups is 4. The Labute approximate surface area is 225 Å². The van der Waals surface area contributed by atoms with Gasteiger partial charge in [0.1, 0.15) is 6.04 Å². The molecule has 0 bridgehead atoms. The van der Waals surface area contributed by atoms with E-state index in [4.69, 9.17) is 4.74 Å². The van der Waals surface area contributed by atoms with Crippen molar-refractivity contribution in [2.45, 2.75) is 31.8 Å². The summed E-state index contributed by atoms with van der Waals surface area (Å²) < 4.78 is 5.27. The number of esters is 1. The highest BCUT2D eigenvalue weighted by Crippen LogP contribution is 2.53. The number of nitrogens with zero attached hydrogens (tertiary/aromatic N) is 3. The predicted molar refractivity (Wildman–Crippen MR) is 144 cm³/mol. The quantitative estimate of drug-likeness (QED) is 0.198. The zero-order valence-corrected chi connectivity index (χ0v) is 21.4. The number of hydrogen-bond acceptors (Lipinski definition) is 7. The van der Waals surface area contributed by atoms with Gasteiger partial charge in [-0.05, 0) is 41.8 Å². The van der Waals surface area contributed by atoms with Crippen LogP contribution >= 0.6 is 0 Å². The van der Waals surface area contributed by atoms with Crippen molar-refractivity contribution in [1.82, 2.24) is 5.01 Å².